The van der Waals surface area contributed by atoms with Crippen molar-refractivity contribution >= 4 is 46.0 Å². The molecule has 9 nitrogen and oxygen atoms in total. The van der Waals surface area contributed by atoms with E-state index in [9.17, 15) is 14.4 Å². The Morgan fingerprint density at radius 3 is 2.27 bits per heavy atom. The van der Waals surface area contributed by atoms with Crippen molar-refractivity contribution in [1.29, 1.82) is 0 Å². The first-order valence-electron chi connectivity index (χ1n) is 12.1. The average molecular weight is 543 g/mol. The molecule has 0 saturated heterocycles. The number of rotatable bonds is 9. The van der Waals surface area contributed by atoms with E-state index in [4.69, 9.17) is 9.47 Å². The molecule has 2 heterocycles. The molecule has 0 radical (unpaired) electrons. The third-order valence-electron chi connectivity index (χ3n) is 6.42. The molecule has 196 valence electrons. The zero-order valence-corrected chi connectivity index (χ0v) is 23.0. The summed E-state index contributed by atoms with van der Waals surface area (Å²) in [6.45, 7) is 3.71. The highest BCUT2D eigenvalue weighted by molar-refractivity contribution is 8.01. The summed E-state index contributed by atoms with van der Waals surface area (Å²) in [5, 5.41) is 12.7. The summed E-state index contributed by atoms with van der Waals surface area (Å²) in [6, 6.07) is 6.95. The molecule has 0 amide bonds. The Hall–Kier alpha value is -3.18. The summed E-state index contributed by atoms with van der Waals surface area (Å²) in [5.41, 5.74) is 3.05. The van der Waals surface area contributed by atoms with Gasteiger partial charge in [-0.1, -0.05) is 42.4 Å². The monoisotopic (exact) mass is 542 g/mol. The third-order valence-corrected chi connectivity index (χ3v) is 8.40. The predicted octanol–water partition coefficient (Wildman–Crippen LogP) is 5.24. The Morgan fingerprint density at radius 1 is 1.00 bits per heavy atom. The number of benzene rings is 1. The summed E-state index contributed by atoms with van der Waals surface area (Å²) in [5.74, 6) is -0.968. The molecular formula is C26H30N4O5S2. The lowest BCUT2D eigenvalue weighted by molar-refractivity contribution is 0.0598. The highest BCUT2D eigenvalue weighted by Gasteiger charge is 2.21. The number of methoxy groups -OCH3 is 2. The van der Waals surface area contributed by atoms with Crippen molar-refractivity contribution in [3.05, 3.63) is 52.3 Å². The number of nitrogens with zero attached hydrogens (tertiary/aromatic N) is 3. The number of thioether (sulfide) groups is 1. The minimum atomic E-state index is -0.573. The minimum Gasteiger partial charge on any atom is -0.465 e. The van der Waals surface area contributed by atoms with E-state index >= 15 is 0 Å². The molecule has 0 unspecified atom stereocenters. The van der Waals surface area contributed by atoms with E-state index in [1.807, 2.05) is 24.5 Å². The topological polar surface area (TPSA) is 112 Å². The second-order valence-corrected chi connectivity index (χ2v) is 11.1. The summed E-state index contributed by atoms with van der Waals surface area (Å²) in [7, 11) is 2.56. The molecule has 1 aliphatic carbocycles. The Morgan fingerprint density at radius 2 is 1.65 bits per heavy atom. The molecule has 0 aliphatic heterocycles. The number of aromatic nitrogens is 3. The van der Waals surface area contributed by atoms with Crippen LogP contribution in [-0.2, 0) is 9.47 Å². The number of ketones is 1. The molecule has 0 spiro atoms. The van der Waals surface area contributed by atoms with Crippen molar-refractivity contribution in [3.63, 3.8) is 0 Å². The van der Waals surface area contributed by atoms with Crippen LogP contribution in [0.3, 0.4) is 0 Å². The van der Waals surface area contributed by atoms with Gasteiger partial charge in [0.15, 0.2) is 10.1 Å². The molecule has 0 bridgehead atoms. The van der Waals surface area contributed by atoms with Crippen molar-refractivity contribution in [1.82, 2.24) is 14.8 Å². The SMILES string of the molecule is COC(=O)c1cc(C(=O)OC)cc(-n2c(C)cc(C(=O)CSc3nnc(NC4CCCCC4)s3)c2C)c1. The number of anilines is 1. The largest absolute Gasteiger partial charge is 0.465 e. The molecule has 2 aromatic heterocycles. The Labute approximate surface area is 224 Å². The average Bonchev–Trinajstić information content (AvgIpc) is 3.49. The number of hydrogen-bond donors (Lipinski definition) is 1. The Bertz CT molecular complexity index is 1280. The molecule has 11 heteroatoms. The van der Waals surface area contributed by atoms with Crippen LogP contribution in [0.15, 0.2) is 28.6 Å². The van der Waals surface area contributed by atoms with Gasteiger partial charge in [-0.15, -0.1) is 10.2 Å². The molecular weight excluding hydrogens is 512 g/mol. The number of Topliss-reactive ketones (excluding diaryl/α,β-unsaturated/α-hetero) is 1. The highest BCUT2D eigenvalue weighted by Crippen LogP contribution is 2.30. The van der Waals surface area contributed by atoms with Gasteiger partial charge in [-0.25, -0.2) is 9.59 Å². The van der Waals surface area contributed by atoms with Crippen molar-refractivity contribution in [2.24, 2.45) is 0 Å². The van der Waals surface area contributed by atoms with E-state index in [1.54, 1.807) is 12.1 Å². The fourth-order valence-electron chi connectivity index (χ4n) is 4.61. The van der Waals surface area contributed by atoms with Gasteiger partial charge in [0.25, 0.3) is 0 Å². The predicted molar refractivity (Wildman–Crippen MR) is 143 cm³/mol. The van der Waals surface area contributed by atoms with Crippen LogP contribution in [0, 0.1) is 13.8 Å². The van der Waals surface area contributed by atoms with Gasteiger partial charge >= 0.3 is 11.9 Å². The van der Waals surface area contributed by atoms with Gasteiger partial charge in [0, 0.05) is 28.7 Å². The summed E-state index contributed by atoms with van der Waals surface area (Å²) < 4.78 is 12.3. The van der Waals surface area contributed by atoms with Crippen LogP contribution >= 0.6 is 23.1 Å². The van der Waals surface area contributed by atoms with E-state index in [2.05, 4.69) is 15.5 Å². The maximum atomic E-state index is 13.2. The van der Waals surface area contributed by atoms with E-state index in [-0.39, 0.29) is 22.7 Å². The number of aryl methyl sites for hydroxylation is 1. The molecule has 37 heavy (non-hydrogen) atoms. The normalized spacial score (nSPS) is 13.8. The molecule has 1 N–H and O–H groups in total. The standard InChI is InChI=1S/C26H30N4O5S2/c1-15-10-21(22(31)14-36-26-29-28-25(37-26)27-19-8-6-5-7-9-19)16(2)30(15)20-12-17(23(32)34-3)11-18(13-20)24(33)35-4/h10-13,19H,5-9,14H2,1-4H3,(H,27,28). The summed E-state index contributed by atoms with van der Waals surface area (Å²) in [4.78, 5) is 37.6. The van der Waals surface area contributed by atoms with E-state index < -0.39 is 11.9 Å². The second-order valence-electron chi connectivity index (χ2n) is 8.94. The quantitative estimate of drug-likeness (QED) is 0.220. The lowest BCUT2D eigenvalue weighted by atomic mass is 9.96. The van der Waals surface area contributed by atoms with Gasteiger partial charge in [0.05, 0.1) is 31.1 Å². The molecule has 1 aliphatic rings. The smallest absolute Gasteiger partial charge is 0.337 e. The molecule has 1 fully saturated rings. The van der Waals surface area contributed by atoms with Gasteiger partial charge in [0.1, 0.15) is 0 Å². The number of hydrogen-bond acceptors (Lipinski definition) is 10. The number of esters is 2. The molecule has 1 aromatic carbocycles. The van der Waals surface area contributed by atoms with Crippen molar-refractivity contribution < 1.29 is 23.9 Å². The van der Waals surface area contributed by atoms with Crippen molar-refractivity contribution in [2.75, 3.05) is 25.3 Å². The van der Waals surface area contributed by atoms with Crippen LogP contribution in [0.5, 0.6) is 0 Å². The molecule has 1 saturated carbocycles. The molecule has 4 rings (SSSR count). The zero-order valence-electron chi connectivity index (χ0n) is 21.3. The maximum absolute atomic E-state index is 13.2. The molecule has 3 aromatic rings. The zero-order chi connectivity index (χ0) is 26.5. The van der Waals surface area contributed by atoms with Gasteiger partial charge in [-0.2, -0.15) is 0 Å². The lowest BCUT2D eigenvalue weighted by Crippen LogP contribution is -2.21. The Kier molecular flexibility index (Phi) is 8.65. The van der Waals surface area contributed by atoms with E-state index in [0.29, 0.717) is 23.0 Å². The van der Waals surface area contributed by atoms with Crippen LogP contribution in [0.4, 0.5) is 5.13 Å². The van der Waals surface area contributed by atoms with Gasteiger partial charge < -0.3 is 19.4 Å². The summed E-state index contributed by atoms with van der Waals surface area (Å²) >= 11 is 2.84. The maximum Gasteiger partial charge on any atom is 0.337 e. The van der Waals surface area contributed by atoms with Crippen LogP contribution in [0.2, 0.25) is 0 Å². The fraction of sp³-hybridized carbons (Fsp3) is 0.423. The first-order chi connectivity index (χ1) is 17.8. The second kappa shape index (κ2) is 11.9. The minimum absolute atomic E-state index is 0.0429. The van der Waals surface area contributed by atoms with Gasteiger partial charge in [0.2, 0.25) is 5.13 Å². The van der Waals surface area contributed by atoms with Crippen LogP contribution in [0.25, 0.3) is 5.69 Å². The fourth-order valence-corrected chi connectivity index (χ4v) is 6.32. The van der Waals surface area contributed by atoms with E-state index in [0.717, 1.165) is 28.0 Å². The third kappa shape index (κ3) is 6.22. The van der Waals surface area contributed by atoms with Crippen LogP contribution in [-0.4, -0.2) is 58.5 Å². The van der Waals surface area contributed by atoms with E-state index in [1.165, 1.54) is 62.6 Å². The van der Waals surface area contributed by atoms with Crippen molar-refractivity contribution in [2.45, 2.75) is 56.3 Å². The van der Waals surface area contributed by atoms with Crippen LogP contribution < -0.4 is 5.32 Å². The lowest BCUT2D eigenvalue weighted by Gasteiger charge is -2.21. The van der Waals surface area contributed by atoms with Crippen LogP contribution in [0.1, 0.15) is 74.6 Å². The first kappa shape index (κ1) is 26.9. The number of nitrogens with one attached hydrogen (secondary N) is 1. The molecule has 0 atom stereocenters. The van der Waals surface area contributed by atoms with Gasteiger partial charge in [-0.3, -0.25) is 4.79 Å². The highest BCUT2D eigenvalue weighted by atomic mass is 32.2. The number of carbonyl (C=O) groups excluding carboxylic acids is 3. The number of carbonyl (C=O) groups is 3. The summed E-state index contributed by atoms with van der Waals surface area (Å²) in [6.07, 6.45) is 6.07. The Balaban J connectivity index is 1.51. The number of ether oxygens (including phenoxy) is 2. The first-order valence-corrected chi connectivity index (χ1v) is 13.9. The van der Waals surface area contributed by atoms with Crippen molar-refractivity contribution in [3.8, 4) is 5.69 Å². The van der Waals surface area contributed by atoms with Gasteiger partial charge in [-0.05, 0) is 51.0 Å².